The summed E-state index contributed by atoms with van der Waals surface area (Å²) in [6.45, 7) is 8.33. The standard InChI is InChI=1S/C42H61N7O5/c1-4-7-36(40(52)45-30-50)32-10-12-34(13-11-32)48-24-15-31(16-25-48)14-21-47-22-17-33(18-23-47)46(2)41(53)42(54-3)19-26-49(27-20-42)35(29-43)28-38(44)37-8-5-6-9-39(37)51/h5-6,8-13,28-31,33,36,51H,4,7,14-27,43-44H2,1-3H3,(H,45,50,52)/b35-29+,38-28-. The van der Waals surface area contributed by atoms with Crippen LogP contribution < -0.4 is 21.7 Å². The van der Waals surface area contributed by atoms with E-state index in [1.807, 2.05) is 37.1 Å². The van der Waals surface area contributed by atoms with Crippen LogP contribution in [0.5, 0.6) is 5.75 Å². The van der Waals surface area contributed by atoms with Crippen LogP contribution in [0.25, 0.3) is 5.70 Å². The van der Waals surface area contributed by atoms with Gasteiger partial charge in [-0.2, -0.15) is 0 Å². The van der Waals surface area contributed by atoms with E-state index in [9.17, 15) is 19.5 Å². The minimum absolute atomic E-state index is 0.0520. The zero-order valence-corrected chi connectivity index (χ0v) is 32.4. The average Bonchev–Trinajstić information content (AvgIpc) is 3.21. The van der Waals surface area contributed by atoms with E-state index in [1.54, 1.807) is 31.4 Å². The van der Waals surface area contributed by atoms with E-state index in [0.29, 0.717) is 55.9 Å². The van der Waals surface area contributed by atoms with Crippen LogP contribution in [0.15, 0.2) is 66.5 Å². The first-order chi connectivity index (χ1) is 26.1. The highest BCUT2D eigenvalue weighted by Crippen LogP contribution is 2.33. The Balaban J connectivity index is 1.04. The second-order valence-electron chi connectivity index (χ2n) is 15.2. The number of hydrogen-bond acceptors (Lipinski definition) is 10. The van der Waals surface area contributed by atoms with Gasteiger partial charge in [0.2, 0.25) is 12.3 Å². The molecule has 5 rings (SSSR count). The van der Waals surface area contributed by atoms with Gasteiger partial charge in [-0.3, -0.25) is 19.7 Å². The number of aromatic hydroxyl groups is 1. The number of benzene rings is 2. The molecule has 0 saturated carbocycles. The number of para-hydroxylation sites is 1. The summed E-state index contributed by atoms with van der Waals surface area (Å²) in [6, 6.07) is 15.4. The normalized spacial score (nSPS) is 19.7. The zero-order valence-electron chi connectivity index (χ0n) is 32.4. The van der Waals surface area contributed by atoms with Crippen LogP contribution in [0, 0.1) is 5.92 Å². The van der Waals surface area contributed by atoms with Crippen molar-refractivity contribution in [3.63, 3.8) is 0 Å². The van der Waals surface area contributed by atoms with E-state index >= 15 is 0 Å². The van der Waals surface area contributed by atoms with Gasteiger partial charge in [0.1, 0.15) is 11.4 Å². The average molecular weight is 744 g/mol. The fourth-order valence-corrected chi connectivity index (χ4v) is 8.51. The third-order valence-corrected chi connectivity index (χ3v) is 12.1. The molecule has 12 heteroatoms. The number of phenolic OH excluding ortho intramolecular Hbond substituents is 1. The molecule has 3 fully saturated rings. The molecular weight excluding hydrogens is 683 g/mol. The summed E-state index contributed by atoms with van der Waals surface area (Å²) in [5.74, 6) is 0.313. The first kappa shape index (κ1) is 40.6. The van der Waals surface area contributed by atoms with E-state index in [4.69, 9.17) is 16.2 Å². The predicted molar refractivity (Wildman–Crippen MR) is 213 cm³/mol. The highest BCUT2D eigenvalue weighted by Gasteiger charge is 2.45. The second-order valence-corrected chi connectivity index (χ2v) is 15.2. The molecule has 0 aromatic heterocycles. The quantitative estimate of drug-likeness (QED) is 0.153. The molecule has 2 aromatic rings. The highest BCUT2D eigenvalue weighted by atomic mass is 16.5. The molecule has 54 heavy (non-hydrogen) atoms. The number of amides is 3. The van der Waals surface area contributed by atoms with Crippen LogP contribution in [-0.2, 0) is 19.1 Å². The number of hydrogen-bond donors (Lipinski definition) is 4. The number of nitrogens with one attached hydrogen (secondary N) is 1. The summed E-state index contributed by atoms with van der Waals surface area (Å²) in [7, 11) is 3.58. The molecule has 1 unspecified atom stereocenters. The van der Waals surface area contributed by atoms with Crippen molar-refractivity contribution in [2.45, 2.75) is 82.3 Å². The summed E-state index contributed by atoms with van der Waals surface area (Å²) in [5, 5.41) is 12.5. The molecule has 3 aliphatic rings. The van der Waals surface area contributed by atoms with Crippen LogP contribution in [-0.4, -0.2) is 110 Å². The van der Waals surface area contributed by atoms with Gasteiger partial charge in [0, 0.05) is 95.5 Å². The van der Waals surface area contributed by atoms with Gasteiger partial charge in [0.15, 0.2) is 0 Å². The van der Waals surface area contributed by atoms with Crippen LogP contribution in [0.2, 0.25) is 0 Å². The van der Waals surface area contributed by atoms with Crippen molar-refractivity contribution in [1.29, 1.82) is 0 Å². The summed E-state index contributed by atoms with van der Waals surface area (Å²) in [5.41, 5.74) is 15.3. The number of likely N-dealkylation sites (tertiary alicyclic amines) is 2. The lowest BCUT2D eigenvalue weighted by Gasteiger charge is -2.45. The van der Waals surface area contributed by atoms with Gasteiger partial charge in [-0.05, 0) is 86.9 Å². The summed E-state index contributed by atoms with van der Waals surface area (Å²) < 4.78 is 6.00. The van der Waals surface area contributed by atoms with Gasteiger partial charge < -0.3 is 40.9 Å². The number of phenols is 1. The molecule has 2 aromatic carbocycles. The maximum absolute atomic E-state index is 14.0. The Morgan fingerprint density at radius 2 is 1.69 bits per heavy atom. The van der Waals surface area contributed by atoms with Crippen molar-refractivity contribution in [1.82, 2.24) is 20.0 Å². The monoisotopic (exact) mass is 743 g/mol. The van der Waals surface area contributed by atoms with Crippen LogP contribution in [0.3, 0.4) is 0 Å². The maximum Gasteiger partial charge on any atom is 0.254 e. The molecule has 294 valence electrons. The molecular formula is C42H61N7O5. The zero-order chi connectivity index (χ0) is 38.7. The van der Waals surface area contributed by atoms with Crippen molar-refractivity contribution in [2.75, 3.05) is 64.9 Å². The maximum atomic E-state index is 14.0. The molecule has 0 spiro atoms. The predicted octanol–water partition coefficient (Wildman–Crippen LogP) is 4.36. The van der Waals surface area contributed by atoms with Crippen molar-refractivity contribution in [3.05, 3.63) is 77.6 Å². The van der Waals surface area contributed by atoms with E-state index in [1.165, 1.54) is 18.3 Å². The van der Waals surface area contributed by atoms with E-state index < -0.39 is 5.60 Å². The number of carbonyl (C=O) groups excluding carboxylic acids is 3. The van der Waals surface area contributed by atoms with Crippen LogP contribution in [0.4, 0.5) is 5.69 Å². The number of rotatable bonds is 15. The SMILES string of the molecule is CCCC(C(=O)NC=O)c1ccc(N2CCC(CCN3CCC(N(C)C(=O)C4(OC)CCN(C(/C=C(\N)c5ccccc5O)=C/N)CC4)CC3)CC2)cc1. The molecule has 1 atom stereocenters. The van der Waals surface area contributed by atoms with Crippen molar-refractivity contribution >= 4 is 29.6 Å². The first-order valence-electron chi connectivity index (χ1n) is 19.7. The Morgan fingerprint density at radius 3 is 2.28 bits per heavy atom. The highest BCUT2D eigenvalue weighted by molar-refractivity contribution is 5.91. The third kappa shape index (κ3) is 9.75. The smallest absolute Gasteiger partial charge is 0.254 e. The topological polar surface area (TPSA) is 158 Å². The number of ether oxygens (including phenoxy) is 1. The number of carbonyl (C=O) groups is 3. The minimum Gasteiger partial charge on any atom is -0.507 e. The summed E-state index contributed by atoms with van der Waals surface area (Å²) >= 11 is 0. The van der Waals surface area contributed by atoms with Crippen molar-refractivity contribution < 1.29 is 24.2 Å². The lowest BCUT2D eigenvalue weighted by atomic mass is 9.88. The molecule has 0 radical (unpaired) electrons. The first-order valence-corrected chi connectivity index (χ1v) is 19.7. The number of allylic oxidation sites excluding steroid dienone is 1. The van der Waals surface area contributed by atoms with Gasteiger partial charge in [-0.1, -0.05) is 37.6 Å². The molecule has 0 bridgehead atoms. The largest absolute Gasteiger partial charge is 0.507 e. The molecule has 3 heterocycles. The van der Waals surface area contributed by atoms with Gasteiger partial charge >= 0.3 is 0 Å². The number of piperidine rings is 3. The van der Waals surface area contributed by atoms with Gasteiger partial charge in [-0.15, -0.1) is 0 Å². The van der Waals surface area contributed by atoms with Gasteiger partial charge in [0.05, 0.1) is 11.6 Å². The number of nitrogens with zero attached hydrogens (tertiary/aromatic N) is 4. The minimum atomic E-state index is -0.878. The fraction of sp³-hybridized carbons (Fsp3) is 0.548. The summed E-state index contributed by atoms with van der Waals surface area (Å²) in [6.07, 6.45) is 11.8. The third-order valence-electron chi connectivity index (χ3n) is 12.1. The molecule has 0 aliphatic carbocycles. The lowest BCUT2D eigenvalue weighted by Crippen LogP contribution is -2.58. The van der Waals surface area contributed by atoms with Crippen molar-refractivity contribution in [2.24, 2.45) is 17.4 Å². The molecule has 12 nitrogen and oxygen atoms in total. The van der Waals surface area contributed by atoms with Crippen LogP contribution in [0.1, 0.15) is 81.8 Å². The number of anilines is 1. The fourth-order valence-electron chi connectivity index (χ4n) is 8.51. The number of nitrogens with two attached hydrogens (primary N) is 2. The van der Waals surface area contributed by atoms with Crippen LogP contribution >= 0.6 is 0 Å². The van der Waals surface area contributed by atoms with E-state index in [-0.39, 0.29) is 29.5 Å². The Hall–Kier alpha value is -4.55. The Kier molecular flexibility index (Phi) is 14.4. The number of imide groups is 1. The number of methoxy groups -OCH3 is 1. The molecule has 6 N–H and O–H groups in total. The van der Waals surface area contributed by atoms with E-state index in [2.05, 4.69) is 32.1 Å². The molecule has 3 aliphatic heterocycles. The second kappa shape index (κ2) is 19.2. The number of likely N-dealkylation sites (N-methyl/N-ethyl adjacent to an activating group) is 1. The summed E-state index contributed by atoms with van der Waals surface area (Å²) in [4.78, 5) is 46.3. The van der Waals surface area contributed by atoms with E-state index in [0.717, 1.165) is 76.1 Å². The lowest BCUT2D eigenvalue weighted by molar-refractivity contribution is -0.162. The van der Waals surface area contributed by atoms with Crippen molar-refractivity contribution in [3.8, 4) is 5.75 Å². The Morgan fingerprint density at radius 1 is 1.02 bits per heavy atom. The molecule has 3 amide bonds. The van der Waals surface area contributed by atoms with Gasteiger partial charge in [-0.25, -0.2) is 0 Å². The Labute approximate surface area is 321 Å². The molecule has 3 saturated heterocycles. The van der Waals surface area contributed by atoms with Gasteiger partial charge in [0.25, 0.3) is 5.91 Å². The Bertz CT molecular complexity index is 1600.